The standard InChI is InChI=1S/C29H25N3O3/c33-23(19-32-27-12-6-4-10-25(27)26-11-5-7-13-28(26)32)20-35-24-16-14-21(15-17-24)18-30-31-29(34)22-8-2-1-3-9-22/h1-18,23,33H,19-20H2,(H,31,34)/b30-18-/t23-/m0/s1. The van der Waals surface area contributed by atoms with Gasteiger partial charge in [-0.15, -0.1) is 0 Å². The van der Waals surface area contributed by atoms with Gasteiger partial charge in [0.05, 0.1) is 12.8 Å². The minimum atomic E-state index is -0.677. The first-order valence-electron chi connectivity index (χ1n) is 11.4. The lowest BCUT2D eigenvalue weighted by atomic mass is 10.2. The molecule has 0 radical (unpaired) electrons. The average molecular weight is 464 g/mol. The lowest BCUT2D eigenvalue weighted by Crippen LogP contribution is -2.23. The van der Waals surface area contributed by atoms with Gasteiger partial charge in [0.15, 0.2) is 0 Å². The van der Waals surface area contributed by atoms with Gasteiger partial charge in [0, 0.05) is 27.4 Å². The van der Waals surface area contributed by atoms with E-state index in [0.717, 1.165) is 16.6 Å². The van der Waals surface area contributed by atoms with Gasteiger partial charge in [-0.3, -0.25) is 4.79 Å². The normalized spacial score (nSPS) is 12.3. The highest BCUT2D eigenvalue weighted by molar-refractivity contribution is 6.07. The molecule has 0 fully saturated rings. The summed E-state index contributed by atoms with van der Waals surface area (Å²) in [6, 6.07) is 32.7. The van der Waals surface area contributed by atoms with Crippen LogP contribution in [0.25, 0.3) is 21.8 Å². The number of nitrogens with zero attached hydrogens (tertiary/aromatic N) is 2. The summed E-state index contributed by atoms with van der Waals surface area (Å²) < 4.78 is 7.96. The predicted molar refractivity (Wildman–Crippen MR) is 139 cm³/mol. The Labute approximate surface area is 203 Å². The van der Waals surface area contributed by atoms with Gasteiger partial charge in [-0.2, -0.15) is 5.10 Å². The molecule has 0 aliphatic carbocycles. The topological polar surface area (TPSA) is 75.8 Å². The van der Waals surface area contributed by atoms with Crippen LogP contribution < -0.4 is 10.2 Å². The zero-order chi connectivity index (χ0) is 24.0. The Bertz CT molecular complexity index is 1420. The second-order valence-electron chi connectivity index (χ2n) is 8.24. The fourth-order valence-electron chi connectivity index (χ4n) is 4.13. The molecule has 4 aromatic carbocycles. The van der Waals surface area contributed by atoms with Crippen molar-refractivity contribution in [3.63, 3.8) is 0 Å². The molecule has 1 heterocycles. The van der Waals surface area contributed by atoms with Crippen LogP contribution >= 0.6 is 0 Å². The Hall–Kier alpha value is -4.42. The summed E-state index contributed by atoms with van der Waals surface area (Å²) in [5, 5.41) is 17.1. The van der Waals surface area contributed by atoms with Crippen molar-refractivity contribution in [2.45, 2.75) is 12.6 Å². The van der Waals surface area contributed by atoms with Gasteiger partial charge in [0.1, 0.15) is 18.5 Å². The van der Waals surface area contributed by atoms with E-state index in [1.54, 1.807) is 30.5 Å². The molecule has 174 valence electrons. The summed E-state index contributed by atoms with van der Waals surface area (Å²) in [6.07, 6.45) is 0.894. The number of para-hydroxylation sites is 2. The molecule has 1 atom stereocenters. The summed E-state index contributed by atoms with van der Waals surface area (Å²) in [4.78, 5) is 12.0. The lowest BCUT2D eigenvalue weighted by molar-refractivity contribution is 0.0944. The molecule has 5 rings (SSSR count). The Morgan fingerprint density at radius 3 is 2.11 bits per heavy atom. The number of fused-ring (bicyclic) bond motifs is 3. The first kappa shape index (κ1) is 22.4. The van der Waals surface area contributed by atoms with Gasteiger partial charge in [0.25, 0.3) is 5.91 Å². The third-order valence-corrected chi connectivity index (χ3v) is 5.81. The number of benzene rings is 4. The summed E-state index contributed by atoms with van der Waals surface area (Å²) >= 11 is 0. The van der Waals surface area contributed by atoms with E-state index in [1.807, 2.05) is 54.6 Å². The maximum Gasteiger partial charge on any atom is 0.271 e. The van der Waals surface area contributed by atoms with E-state index in [4.69, 9.17) is 4.74 Å². The maximum absolute atomic E-state index is 12.0. The number of amides is 1. The molecule has 1 amide bonds. The molecule has 0 saturated heterocycles. The predicted octanol–water partition coefficient (Wildman–Crippen LogP) is 5.00. The summed E-state index contributed by atoms with van der Waals surface area (Å²) in [7, 11) is 0. The smallest absolute Gasteiger partial charge is 0.271 e. The second kappa shape index (κ2) is 10.2. The third-order valence-electron chi connectivity index (χ3n) is 5.81. The van der Waals surface area contributed by atoms with E-state index in [0.29, 0.717) is 17.9 Å². The van der Waals surface area contributed by atoms with Gasteiger partial charge in [-0.1, -0.05) is 54.6 Å². The number of hydrazone groups is 1. The Morgan fingerprint density at radius 2 is 1.46 bits per heavy atom. The van der Waals surface area contributed by atoms with E-state index >= 15 is 0 Å². The van der Waals surface area contributed by atoms with Gasteiger partial charge >= 0.3 is 0 Å². The molecular weight excluding hydrogens is 438 g/mol. The molecule has 0 spiro atoms. The van der Waals surface area contributed by atoms with Gasteiger partial charge in [-0.25, -0.2) is 5.43 Å². The highest BCUT2D eigenvalue weighted by Crippen LogP contribution is 2.28. The van der Waals surface area contributed by atoms with E-state index in [1.165, 1.54) is 10.8 Å². The number of hydrogen-bond donors (Lipinski definition) is 2. The van der Waals surface area contributed by atoms with Crippen molar-refractivity contribution in [3.05, 3.63) is 114 Å². The highest BCUT2D eigenvalue weighted by atomic mass is 16.5. The number of aliphatic hydroxyl groups excluding tert-OH is 1. The number of hydrogen-bond acceptors (Lipinski definition) is 4. The highest BCUT2D eigenvalue weighted by Gasteiger charge is 2.14. The number of rotatable bonds is 8. The first-order chi connectivity index (χ1) is 17.2. The van der Waals surface area contributed by atoms with E-state index in [-0.39, 0.29) is 12.5 Å². The quantitative estimate of drug-likeness (QED) is 0.251. The summed E-state index contributed by atoms with van der Waals surface area (Å²) in [6.45, 7) is 0.598. The number of carbonyl (C=O) groups excluding carboxylic acids is 1. The fourth-order valence-corrected chi connectivity index (χ4v) is 4.13. The van der Waals surface area contributed by atoms with E-state index in [9.17, 15) is 9.90 Å². The van der Waals surface area contributed by atoms with Crippen LogP contribution in [0.15, 0.2) is 108 Å². The minimum Gasteiger partial charge on any atom is -0.491 e. The Balaban J connectivity index is 1.18. The molecule has 0 aliphatic heterocycles. The summed E-state index contributed by atoms with van der Waals surface area (Å²) in [5.74, 6) is 0.385. The van der Waals surface area contributed by atoms with Gasteiger partial charge in [0.2, 0.25) is 0 Å². The number of aromatic nitrogens is 1. The van der Waals surface area contributed by atoms with Gasteiger partial charge < -0.3 is 14.4 Å². The lowest BCUT2D eigenvalue weighted by Gasteiger charge is -2.15. The summed E-state index contributed by atoms with van der Waals surface area (Å²) in [5.41, 5.74) is 6.06. The maximum atomic E-state index is 12.0. The number of carbonyl (C=O) groups is 1. The molecule has 35 heavy (non-hydrogen) atoms. The van der Waals surface area contributed by atoms with Crippen LogP contribution in [0, 0.1) is 0 Å². The van der Waals surface area contributed by atoms with Crippen molar-refractivity contribution in [2.24, 2.45) is 5.10 Å². The number of ether oxygens (including phenoxy) is 1. The molecule has 0 saturated carbocycles. The van der Waals surface area contributed by atoms with Crippen LogP contribution in [0.3, 0.4) is 0 Å². The van der Waals surface area contributed by atoms with Crippen molar-refractivity contribution >= 4 is 33.9 Å². The fraction of sp³-hybridized carbons (Fsp3) is 0.103. The van der Waals surface area contributed by atoms with Crippen LogP contribution in [0.4, 0.5) is 0 Å². The third kappa shape index (κ3) is 5.08. The molecule has 6 nitrogen and oxygen atoms in total. The SMILES string of the molecule is O=C(N/N=C\c1ccc(OC[C@@H](O)Cn2c3ccccc3c3ccccc32)cc1)c1ccccc1. The molecule has 6 heteroatoms. The second-order valence-corrected chi connectivity index (χ2v) is 8.24. The zero-order valence-corrected chi connectivity index (χ0v) is 19.0. The largest absolute Gasteiger partial charge is 0.491 e. The Morgan fingerprint density at radius 1 is 0.857 bits per heavy atom. The molecule has 0 bridgehead atoms. The van der Waals surface area contributed by atoms with Gasteiger partial charge in [-0.05, 0) is 54.1 Å². The zero-order valence-electron chi connectivity index (χ0n) is 19.0. The van der Waals surface area contributed by atoms with Crippen molar-refractivity contribution in [2.75, 3.05) is 6.61 Å². The van der Waals surface area contributed by atoms with E-state index in [2.05, 4.69) is 39.4 Å². The van der Waals surface area contributed by atoms with Crippen LogP contribution in [0.1, 0.15) is 15.9 Å². The first-order valence-corrected chi connectivity index (χ1v) is 11.4. The van der Waals surface area contributed by atoms with E-state index < -0.39 is 6.10 Å². The van der Waals surface area contributed by atoms with Crippen LogP contribution in [0.2, 0.25) is 0 Å². The van der Waals surface area contributed by atoms with Crippen molar-refractivity contribution in [1.82, 2.24) is 9.99 Å². The van der Waals surface area contributed by atoms with Crippen LogP contribution in [0.5, 0.6) is 5.75 Å². The average Bonchev–Trinajstić information content (AvgIpc) is 3.22. The van der Waals surface area contributed by atoms with Crippen molar-refractivity contribution in [1.29, 1.82) is 0 Å². The molecule has 0 aliphatic rings. The van der Waals surface area contributed by atoms with Crippen molar-refractivity contribution in [3.8, 4) is 5.75 Å². The minimum absolute atomic E-state index is 0.168. The van der Waals surface area contributed by atoms with Crippen molar-refractivity contribution < 1.29 is 14.6 Å². The van der Waals surface area contributed by atoms with Crippen LogP contribution in [-0.2, 0) is 6.54 Å². The molecular formula is C29H25N3O3. The molecule has 5 aromatic rings. The van der Waals surface area contributed by atoms with Crippen LogP contribution in [-0.4, -0.2) is 34.5 Å². The number of aliphatic hydroxyl groups is 1. The molecule has 2 N–H and O–H groups in total. The molecule has 1 aromatic heterocycles. The Kier molecular flexibility index (Phi) is 6.55. The monoisotopic (exact) mass is 463 g/mol. The number of nitrogens with one attached hydrogen (secondary N) is 1. The molecule has 0 unspecified atom stereocenters.